The van der Waals surface area contributed by atoms with Crippen LogP contribution < -0.4 is 4.74 Å². The lowest BCUT2D eigenvalue weighted by atomic mass is 10.0. The molecule has 0 spiro atoms. The lowest BCUT2D eigenvalue weighted by Crippen LogP contribution is -2.06. The Labute approximate surface area is 112 Å². The Hall–Kier alpha value is -0.540. The fourth-order valence-corrected chi connectivity index (χ4v) is 2.32. The van der Waals surface area contributed by atoms with Crippen molar-refractivity contribution in [3.63, 3.8) is 0 Å². The van der Waals surface area contributed by atoms with Crippen molar-refractivity contribution in [3.8, 4) is 5.75 Å². The van der Waals surface area contributed by atoms with Gasteiger partial charge in [-0.05, 0) is 49.4 Å². The Morgan fingerprint density at radius 3 is 2.76 bits per heavy atom. The summed E-state index contributed by atoms with van der Waals surface area (Å²) in [5.74, 6) is 0.886. The van der Waals surface area contributed by atoms with Crippen LogP contribution in [0, 0.1) is 0 Å². The second-order valence-corrected chi connectivity index (χ2v) is 5.15. The molecule has 1 unspecified atom stereocenters. The quantitative estimate of drug-likeness (QED) is 0.826. The number of rotatable bonds is 7. The third kappa shape index (κ3) is 5.09. The number of benzene rings is 1. The number of halogens is 1. The fraction of sp³-hybridized carbons (Fsp3) is 0.571. The van der Waals surface area contributed by atoms with E-state index in [0.717, 1.165) is 42.3 Å². The standard InChI is InChI=1S/C14H21BrO2/c1-3-5-12(16)7-4-6-11-10-13(17-2)8-9-14(11)15/h8-10,12,16H,3-7H2,1-2H3. The van der Waals surface area contributed by atoms with Crippen molar-refractivity contribution in [2.75, 3.05) is 7.11 Å². The lowest BCUT2D eigenvalue weighted by Gasteiger charge is -2.10. The van der Waals surface area contributed by atoms with Crippen LogP contribution in [-0.2, 0) is 6.42 Å². The summed E-state index contributed by atoms with van der Waals surface area (Å²) in [6.45, 7) is 2.10. The van der Waals surface area contributed by atoms with E-state index in [4.69, 9.17) is 4.74 Å². The zero-order valence-corrected chi connectivity index (χ0v) is 12.2. The topological polar surface area (TPSA) is 29.5 Å². The summed E-state index contributed by atoms with van der Waals surface area (Å²) in [7, 11) is 1.68. The van der Waals surface area contributed by atoms with Crippen LogP contribution in [0.1, 0.15) is 38.2 Å². The Morgan fingerprint density at radius 2 is 2.12 bits per heavy atom. The summed E-state index contributed by atoms with van der Waals surface area (Å²) in [6, 6.07) is 6.01. The van der Waals surface area contributed by atoms with E-state index < -0.39 is 0 Å². The second-order valence-electron chi connectivity index (χ2n) is 4.29. The number of aliphatic hydroxyl groups excluding tert-OH is 1. The molecule has 96 valence electrons. The van der Waals surface area contributed by atoms with Gasteiger partial charge in [-0.1, -0.05) is 29.3 Å². The molecule has 0 radical (unpaired) electrons. The van der Waals surface area contributed by atoms with Crippen molar-refractivity contribution in [2.24, 2.45) is 0 Å². The number of hydrogen-bond donors (Lipinski definition) is 1. The van der Waals surface area contributed by atoms with Crippen molar-refractivity contribution < 1.29 is 9.84 Å². The summed E-state index contributed by atoms with van der Waals surface area (Å²) in [5.41, 5.74) is 1.24. The van der Waals surface area contributed by atoms with Crippen molar-refractivity contribution in [1.29, 1.82) is 0 Å². The minimum Gasteiger partial charge on any atom is -0.497 e. The Morgan fingerprint density at radius 1 is 1.35 bits per heavy atom. The second kappa shape index (κ2) is 7.72. The van der Waals surface area contributed by atoms with E-state index >= 15 is 0 Å². The van der Waals surface area contributed by atoms with Gasteiger partial charge in [-0.15, -0.1) is 0 Å². The number of methoxy groups -OCH3 is 1. The fourth-order valence-electron chi connectivity index (χ4n) is 1.88. The van der Waals surface area contributed by atoms with Gasteiger partial charge in [-0.3, -0.25) is 0 Å². The summed E-state index contributed by atoms with van der Waals surface area (Å²) in [5, 5.41) is 9.66. The van der Waals surface area contributed by atoms with Crippen molar-refractivity contribution >= 4 is 15.9 Å². The molecule has 3 heteroatoms. The molecule has 0 saturated heterocycles. The van der Waals surface area contributed by atoms with E-state index in [1.807, 2.05) is 12.1 Å². The summed E-state index contributed by atoms with van der Waals surface area (Å²) < 4.78 is 6.32. The van der Waals surface area contributed by atoms with E-state index in [2.05, 4.69) is 28.9 Å². The van der Waals surface area contributed by atoms with Gasteiger partial charge < -0.3 is 9.84 Å². The SMILES string of the molecule is CCCC(O)CCCc1cc(OC)ccc1Br. The van der Waals surface area contributed by atoms with Crippen LogP contribution in [0.4, 0.5) is 0 Å². The number of aryl methyl sites for hydroxylation is 1. The monoisotopic (exact) mass is 300 g/mol. The first-order valence-electron chi connectivity index (χ1n) is 6.17. The van der Waals surface area contributed by atoms with Crippen LogP contribution in [0.15, 0.2) is 22.7 Å². The smallest absolute Gasteiger partial charge is 0.119 e. The van der Waals surface area contributed by atoms with Gasteiger partial charge in [0.15, 0.2) is 0 Å². The molecule has 0 saturated carbocycles. The zero-order valence-electron chi connectivity index (χ0n) is 10.6. The van der Waals surface area contributed by atoms with Gasteiger partial charge in [-0.25, -0.2) is 0 Å². The van der Waals surface area contributed by atoms with E-state index in [1.165, 1.54) is 5.56 Å². The molecule has 1 aromatic carbocycles. The van der Waals surface area contributed by atoms with Gasteiger partial charge in [0.05, 0.1) is 13.2 Å². The lowest BCUT2D eigenvalue weighted by molar-refractivity contribution is 0.151. The predicted molar refractivity (Wildman–Crippen MR) is 74.5 cm³/mol. The van der Waals surface area contributed by atoms with E-state index in [-0.39, 0.29) is 6.10 Å². The summed E-state index contributed by atoms with van der Waals surface area (Å²) in [4.78, 5) is 0. The molecular formula is C14H21BrO2. The molecule has 0 heterocycles. The zero-order chi connectivity index (χ0) is 12.7. The molecule has 0 aliphatic rings. The third-order valence-electron chi connectivity index (χ3n) is 2.86. The molecule has 1 N–H and O–H groups in total. The highest BCUT2D eigenvalue weighted by molar-refractivity contribution is 9.10. The molecule has 1 atom stereocenters. The molecule has 0 aromatic heterocycles. The van der Waals surface area contributed by atoms with Gasteiger partial charge in [0.1, 0.15) is 5.75 Å². The van der Waals surface area contributed by atoms with Crippen LogP contribution >= 0.6 is 15.9 Å². The number of aliphatic hydroxyl groups is 1. The van der Waals surface area contributed by atoms with Gasteiger partial charge in [0.25, 0.3) is 0 Å². The third-order valence-corrected chi connectivity index (χ3v) is 3.63. The Bertz CT molecular complexity index is 339. The van der Waals surface area contributed by atoms with E-state index in [1.54, 1.807) is 7.11 Å². The van der Waals surface area contributed by atoms with Crippen LogP contribution in [0.25, 0.3) is 0 Å². The maximum Gasteiger partial charge on any atom is 0.119 e. The minimum atomic E-state index is -0.149. The highest BCUT2D eigenvalue weighted by Gasteiger charge is 2.05. The molecule has 1 rings (SSSR count). The summed E-state index contributed by atoms with van der Waals surface area (Å²) in [6.07, 6.45) is 4.65. The maximum atomic E-state index is 9.66. The van der Waals surface area contributed by atoms with Gasteiger partial charge in [-0.2, -0.15) is 0 Å². The van der Waals surface area contributed by atoms with Crippen molar-refractivity contribution in [2.45, 2.75) is 45.1 Å². The van der Waals surface area contributed by atoms with Crippen LogP contribution in [0.2, 0.25) is 0 Å². The van der Waals surface area contributed by atoms with Crippen LogP contribution in [-0.4, -0.2) is 18.3 Å². The maximum absolute atomic E-state index is 9.66. The first kappa shape index (κ1) is 14.5. The van der Waals surface area contributed by atoms with E-state index in [0.29, 0.717) is 0 Å². The van der Waals surface area contributed by atoms with Crippen LogP contribution in [0.3, 0.4) is 0 Å². The van der Waals surface area contributed by atoms with Crippen molar-refractivity contribution in [1.82, 2.24) is 0 Å². The molecule has 2 nitrogen and oxygen atoms in total. The Kier molecular flexibility index (Phi) is 6.60. The van der Waals surface area contributed by atoms with Crippen molar-refractivity contribution in [3.05, 3.63) is 28.2 Å². The molecular weight excluding hydrogens is 280 g/mol. The average Bonchev–Trinajstić information content (AvgIpc) is 2.32. The van der Waals surface area contributed by atoms with Gasteiger partial charge in [0.2, 0.25) is 0 Å². The number of hydrogen-bond acceptors (Lipinski definition) is 2. The average molecular weight is 301 g/mol. The van der Waals surface area contributed by atoms with E-state index in [9.17, 15) is 5.11 Å². The molecule has 0 bridgehead atoms. The molecule has 0 fully saturated rings. The molecule has 17 heavy (non-hydrogen) atoms. The van der Waals surface area contributed by atoms with Gasteiger partial charge in [0, 0.05) is 4.47 Å². The normalized spacial score (nSPS) is 12.5. The highest BCUT2D eigenvalue weighted by Crippen LogP contribution is 2.24. The van der Waals surface area contributed by atoms with Gasteiger partial charge >= 0.3 is 0 Å². The first-order chi connectivity index (χ1) is 8.17. The predicted octanol–water partition coefficient (Wildman–Crippen LogP) is 3.94. The molecule has 1 aromatic rings. The first-order valence-corrected chi connectivity index (χ1v) is 6.97. The number of ether oxygens (including phenoxy) is 1. The molecule has 0 amide bonds. The minimum absolute atomic E-state index is 0.149. The van der Waals surface area contributed by atoms with Crippen LogP contribution in [0.5, 0.6) is 5.75 Å². The molecule has 0 aliphatic heterocycles. The largest absolute Gasteiger partial charge is 0.497 e. The highest BCUT2D eigenvalue weighted by atomic mass is 79.9. The summed E-state index contributed by atoms with van der Waals surface area (Å²) >= 11 is 3.54. The molecule has 0 aliphatic carbocycles. The Balaban J connectivity index is 2.45.